The molecule has 1 aliphatic heterocycles. The van der Waals surface area contributed by atoms with Crippen LogP contribution in [0.4, 0.5) is 5.95 Å². The maximum absolute atomic E-state index is 13.3. The summed E-state index contributed by atoms with van der Waals surface area (Å²) in [6.45, 7) is 1.64. The minimum Gasteiger partial charge on any atom is -0.497 e. The molecule has 0 spiro atoms. The first-order valence-electron chi connectivity index (χ1n) is 12.8. The number of carbonyl (C=O) groups is 1. The van der Waals surface area contributed by atoms with Gasteiger partial charge < -0.3 is 24.3 Å². The highest BCUT2D eigenvalue weighted by atomic mass is 16.5. The van der Waals surface area contributed by atoms with Crippen LogP contribution < -0.4 is 29.8 Å². The highest BCUT2D eigenvalue weighted by molar-refractivity contribution is 6.02. The predicted molar refractivity (Wildman–Crippen MR) is 144 cm³/mol. The van der Waals surface area contributed by atoms with Crippen LogP contribution >= 0.6 is 0 Å². The normalized spacial score (nSPS) is 16.4. The van der Waals surface area contributed by atoms with Crippen molar-refractivity contribution in [2.24, 2.45) is 0 Å². The van der Waals surface area contributed by atoms with Gasteiger partial charge in [0.05, 0.1) is 32.8 Å². The van der Waals surface area contributed by atoms with Crippen LogP contribution in [0.25, 0.3) is 11.0 Å². The van der Waals surface area contributed by atoms with E-state index in [2.05, 4.69) is 20.3 Å². The summed E-state index contributed by atoms with van der Waals surface area (Å²) in [6, 6.07) is 11.3. The third kappa shape index (κ3) is 4.73. The van der Waals surface area contributed by atoms with Crippen LogP contribution in [0.5, 0.6) is 23.0 Å². The lowest BCUT2D eigenvalue weighted by Crippen LogP contribution is -2.23. The van der Waals surface area contributed by atoms with Gasteiger partial charge in [-0.2, -0.15) is 4.98 Å². The SMILES string of the molecule is COc1ccc(C2CC(=O)c3cnc4nc(NCc5ccc6c(c5)OCCCO6)[nH]c(=O)c4c3C2)c(OC)c1. The van der Waals surface area contributed by atoms with Crippen molar-refractivity contribution in [3.8, 4) is 23.0 Å². The predicted octanol–water partition coefficient (Wildman–Crippen LogP) is 4.02. The molecule has 10 nitrogen and oxygen atoms in total. The second-order valence-corrected chi connectivity index (χ2v) is 9.58. The number of ketones is 1. The minimum atomic E-state index is -0.347. The maximum Gasteiger partial charge on any atom is 0.262 e. The molecule has 1 atom stereocenters. The van der Waals surface area contributed by atoms with Gasteiger partial charge in [0.25, 0.3) is 5.56 Å². The van der Waals surface area contributed by atoms with E-state index in [1.807, 2.05) is 30.3 Å². The molecule has 6 rings (SSSR count). The largest absolute Gasteiger partial charge is 0.497 e. The molecular weight excluding hydrogens is 500 g/mol. The fraction of sp³-hybridized carbons (Fsp3) is 0.310. The van der Waals surface area contributed by atoms with E-state index in [4.69, 9.17) is 18.9 Å². The molecule has 2 aromatic carbocycles. The number of aromatic amines is 1. The van der Waals surface area contributed by atoms with Gasteiger partial charge in [-0.1, -0.05) is 12.1 Å². The Bertz CT molecular complexity index is 1630. The second kappa shape index (κ2) is 10.3. The lowest BCUT2D eigenvalue weighted by atomic mass is 9.79. The third-order valence-corrected chi connectivity index (χ3v) is 7.18. The summed E-state index contributed by atoms with van der Waals surface area (Å²) in [5.41, 5.74) is 2.89. The van der Waals surface area contributed by atoms with Crippen molar-refractivity contribution in [2.45, 2.75) is 31.7 Å². The molecular formula is C29H28N4O6. The number of carbonyl (C=O) groups excluding carboxylic acids is 1. The number of pyridine rings is 1. The number of rotatable bonds is 6. The molecule has 0 saturated heterocycles. The molecule has 0 amide bonds. The molecule has 3 heterocycles. The van der Waals surface area contributed by atoms with Gasteiger partial charge in [-0.25, -0.2) is 4.98 Å². The van der Waals surface area contributed by atoms with E-state index in [1.54, 1.807) is 20.3 Å². The lowest BCUT2D eigenvalue weighted by molar-refractivity contribution is 0.0964. The quantitative estimate of drug-likeness (QED) is 0.382. The van der Waals surface area contributed by atoms with Crippen molar-refractivity contribution in [3.63, 3.8) is 0 Å². The third-order valence-electron chi connectivity index (χ3n) is 7.18. The van der Waals surface area contributed by atoms with E-state index in [1.165, 1.54) is 6.20 Å². The number of Topliss-reactive ketones (excluding diaryl/α,β-unsaturated/α-hetero) is 1. The van der Waals surface area contributed by atoms with Crippen molar-refractivity contribution in [3.05, 3.63) is 75.2 Å². The first-order chi connectivity index (χ1) is 19.0. The molecule has 1 unspecified atom stereocenters. The molecule has 0 saturated carbocycles. The number of methoxy groups -OCH3 is 2. The van der Waals surface area contributed by atoms with Crippen molar-refractivity contribution in [1.29, 1.82) is 0 Å². The highest BCUT2D eigenvalue weighted by Gasteiger charge is 2.31. The van der Waals surface area contributed by atoms with Gasteiger partial charge in [-0.05, 0) is 47.2 Å². The van der Waals surface area contributed by atoms with Crippen LogP contribution in [0, 0.1) is 0 Å². The molecule has 10 heteroatoms. The van der Waals surface area contributed by atoms with Gasteiger partial charge in [-0.15, -0.1) is 0 Å². The Balaban J connectivity index is 1.29. The summed E-state index contributed by atoms with van der Waals surface area (Å²) in [4.78, 5) is 38.2. The highest BCUT2D eigenvalue weighted by Crippen LogP contribution is 2.39. The summed E-state index contributed by atoms with van der Waals surface area (Å²) in [5, 5.41) is 3.50. The number of ether oxygens (including phenoxy) is 4. The Hall–Kier alpha value is -4.60. The molecule has 2 N–H and O–H groups in total. The summed E-state index contributed by atoms with van der Waals surface area (Å²) in [6.07, 6.45) is 3.14. The number of hydrogen-bond acceptors (Lipinski definition) is 9. The molecule has 2 aromatic heterocycles. The van der Waals surface area contributed by atoms with Gasteiger partial charge >= 0.3 is 0 Å². The fourth-order valence-corrected chi connectivity index (χ4v) is 5.23. The van der Waals surface area contributed by atoms with Crippen molar-refractivity contribution >= 4 is 22.8 Å². The molecule has 39 heavy (non-hydrogen) atoms. The Morgan fingerprint density at radius 3 is 2.69 bits per heavy atom. The van der Waals surface area contributed by atoms with Gasteiger partial charge in [0.2, 0.25) is 5.95 Å². The average Bonchev–Trinajstić information content (AvgIpc) is 3.20. The number of hydrogen-bond donors (Lipinski definition) is 2. The van der Waals surface area contributed by atoms with E-state index in [9.17, 15) is 9.59 Å². The van der Waals surface area contributed by atoms with E-state index < -0.39 is 0 Å². The Morgan fingerprint density at radius 1 is 1.03 bits per heavy atom. The number of fused-ring (bicyclic) bond motifs is 4. The van der Waals surface area contributed by atoms with Crippen LogP contribution in [-0.4, -0.2) is 48.2 Å². The summed E-state index contributed by atoms with van der Waals surface area (Å²) >= 11 is 0. The number of anilines is 1. The number of nitrogens with zero attached hydrogens (tertiary/aromatic N) is 2. The molecule has 0 radical (unpaired) electrons. The minimum absolute atomic E-state index is 0.0652. The van der Waals surface area contributed by atoms with E-state index in [-0.39, 0.29) is 22.9 Å². The zero-order valence-electron chi connectivity index (χ0n) is 21.7. The zero-order valence-corrected chi connectivity index (χ0v) is 21.7. The molecule has 0 bridgehead atoms. The van der Waals surface area contributed by atoms with E-state index >= 15 is 0 Å². The van der Waals surface area contributed by atoms with Gasteiger partial charge in [-0.3, -0.25) is 14.6 Å². The molecule has 0 fully saturated rings. The lowest BCUT2D eigenvalue weighted by Gasteiger charge is -2.26. The van der Waals surface area contributed by atoms with Gasteiger partial charge in [0, 0.05) is 37.2 Å². The van der Waals surface area contributed by atoms with E-state index in [0.29, 0.717) is 72.3 Å². The molecule has 2 aliphatic rings. The van der Waals surface area contributed by atoms with Crippen molar-refractivity contribution in [1.82, 2.24) is 15.0 Å². The van der Waals surface area contributed by atoms with Crippen LogP contribution in [0.2, 0.25) is 0 Å². The number of benzene rings is 2. The van der Waals surface area contributed by atoms with Crippen LogP contribution in [0.3, 0.4) is 0 Å². The van der Waals surface area contributed by atoms with Gasteiger partial charge in [0.15, 0.2) is 22.9 Å². The number of H-pyrrole nitrogens is 1. The Kier molecular flexibility index (Phi) is 6.52. The second-order valence-electron chi connectivity index (χ2n) is 9.58. The topological polar surface area (TPSA) is 125 Å². The number of aromatic nitrogens is 3. The molecule has 4 aromatic rings. The van der Waals surface area contributed by atoms with Crippen molar-refractivity contribution < 1.29 is 23.7 Å². The van der Waals surface area contributed by atoms with Crippen molar-refractivity contribution in [2.75, 3.05) is 32.8 Å². The average molecular weight is 529 g/mol. The molecule has 200 valence electrons. The first kappa shape index (κ1) is 24.7. The summed E-state index contributed by atoms with van der Waals surface area (Å²) < 4.78 is 22.4. The van der Waals surface area contributed by atoms with Gasteiger partial charge in [0.1, 0.15) is 11.5 Å². The number of nitrogens with one attached hydrogen (secondary N) is 2. The zero-order chi connectivity index (χ0) is 26.9. The summed E-state index contributed by atoms with van der Waals surface area (Å²) in [7, 11) is 3.18. The van der Waals surface area contributed by atoms with Crippen LogP contribution in [-0.2, 0) is 13.0 Å². The summed E-state index contributed by atoms with van der Waals surface area (Å²) in [5.74, 6) is 2.80. The van der Waals surface area contributed by atoms with Crippen LogP contribution in [0.15, 0.2) is 47.4 Å². The Morgan fingerprint density at radius 2 is 1.87 bits per heavy atom. The molecule has 1 aliphatic carbocycles. The fourth-order valence-electron chi connectivity index (χ4n) is 5.23. The Labute approximate surface area is 224 Å². The smallest absolute Gasteiger partial charge is 0.262 e. The maximum atomic E-state index is 13.3. The standard InChI is InChI=1S/C29H28N4O6/c1-36-18-5-6-19(24(13-18)37-2)17-11-20-21(22(34)12-17)15-30-27-26(20)28(35)33-29(32-27)31-14-16-4-7-23-25(10-16)39-9-3-8-38-23/h4-7,10,13,15,17H,3,8-9,11-12,14H2,1-2H3,(H2,30,31,32,33,35). The van der Waals surface area contributed by atoms with Crippen LogP contribution in [0.1, 0.15) is 45.8 Å². The first-order valence-corrected chi connectivity index (χ1v) is 12.8. The monoisotopic (exact) mass is 528 g/mol. The van der Waals surface area contributed by atoms with E-state index in [0.717, 1.165) is 23.3 Å².